The Morgan fingerprint density at radius 2 is 2.42 bits per heavy atom. The van der Waals surface area contributed by atoms with E-state index in [0.29, 0.717) is 6.61 Å². The van der Waals surface area contributed by atoms with Crippen LogP contribution in [0.1, 0.15) is 26.2 Å². The first-order valence-electron chi connectivity index (χ1n) is 4.71. The highest BCUT2D eigenvalue weighted by atomic mass is 16.5. The number of ether oxygens (including phenoxy) is 1. The second-order valence-electron chi connectivity index (χ2n) is 3.40. The summed E-state index contributed by atoms with van der Waals surface area (Å²) in [6.45, 7) is 6.45. The van der Waals surface area contributed by atoms with Gasteiger partial charge in [0.2, 0.25) is 0 Å². The molecule has 12 heavy (non-hydrogen) atoms. The fourth-order valence-electron chi connectivity index (χ4n) is 1.57. The normalized spacial score (nSPS) is 35.3. The van der Waals surface area contributed by atoms with Crippen LogP contribution in [-0.2, 0) is 4.74 Å². The lowest BCUT2D eigenvalue weighted by Gasteiger charge is -2.14. The molecule has 0 unspecified atom stereocenters. The Morgan fingerprint density at radius 3 is 2.92 bits per heavy atom. The van der Waals surface area contributed by atoms with Crippen LogP contribution >= 0.6 is 0 Å². The van der Waals surface area contributed by atoms with Gasteiger partial charge in [-0.1, -0.05) is 25.8 Å². The fraction of sp³-hybridized carbons (Fsp3) is 0.800. The average molecular weight is 170 g/mol. The van der Waals surface area contributed by atoms with E-state index >= 15 is 0 Å². The van der Waals surface area contributed by atoms with Crippen LogP contribution in [0.15, 0.2) is 12.7 Å². The third kappa shape index (κ3) is 2.08. The van der Waals surface area contributed by atoms with E-state index in [9.17, 15) is 5.11 Å². The van der Waals surface area contributed by atoms with E-state index in [-0.39, 0.29) is 18.1 Å². The second kappa shape index (κ2) is 4.63. The Morgan fingerprint density at radius 1 is 1.67 bits per heavy atom. The van der Waals surface area contributed by atoms with E-state index < -0.39 is 0 Å². The molecular formula is C10H18O2. The highest BCUT2D eigenvalue weighted by molar-refractivity contribution is 4.93. The third-order valence-corrected chi connectivity index (χ3v) is 2.47. The molecule has 0 radical (unpaired) electrons. The molecule has 0 aromatic carbocycles. The summed E-state index contributed by atoms with van der Waals surface area (Å²) in [4.78, 5) is 0. The van der Waals surface area contributed by atoms with Gasteiger partial charge in [0.15, 0.2) is 0 Å². The summed E-state index contributed by atoms with van der Waals surface area (Å²) in [5.74, 6) is 0.145. The van der Waals surface area contributed by atoms with Crippen LogP contribution in [0.25, 0.3) is 0 Å². The van der Waals surface area contributed by atoms with Crippen LogP contribution < -0.4 is 0 Å². The van der Waals surface area contributed by atoms with Crippen molar-refractivity contribution in [2.24, 2.45) is 5.92 Å². The standard InChI is InChI=1S/C10H18O2/c1-3-5-6-9-10(11)8(4-2)7-12-9/h4,8-11H,2-3,5-7H2,1H3/t8-,9-,10+/m0/s1. The number of aliphatic hydroxyl groups excluding tert-OH is 1. The molecule has 1 N–H and O–H groups in total. The zero-order valence-electron chi connectivity index (χ0n) is 7.70. The summed E-state index contributed by atoms with van der Waals surface area (Å²) in [7, 11) is 0. The molecule has 70 valence electrons. The number of hydrogen-bond donors (Lipinski definition) is 1. The molecule has 2 nitrogen and oxygen atoms in total. The largest absolute Gasteiger partial charge is 0.390 e. The van der Waals surface area contributed by atoms with Gasteiger partial charge in [0.1, 0.15) is 0 Å². The van der Waals surface area contributed by atoms with Crippen molar-refractivity contribution in [1.82, 2.24) is 0 Å². The highest BCUT2D eigenvalue weighted by Crippen LogP contribution is 2.24. The van der Waals surface area contributed by atoms with Gasteiger partial charge >= 0.3 is 0 Å². The van der Waals surface area contributed by atoms with Gasteiger partial charge in [0, 0.05) is 5.92 Å². The van der Waals surface area contributed by atoms with Crippen molar-refractivity contribution in [2.45, 2.75) is 38.4 Å². The van der Waals surface area contributed by atoms with Gasteiger partial charge in [-0.2, -0.15) is 0 Å². The van der Waals surface area contributed by atoms with E-state index in [1.807, 2.05) is 0 Å². The van der Waals surface area contributed by atoms with Gasteiger partial charge in [-0.05, 0) is 6.42 Å². The predicted molar refractivity (Wildman–Crippen MR) is 49.0 cm³/mol. The first-order valence-corrected chi connectivity index (χ1v) is 4.71. The molecule has 0 aliphatic carbocycles. The van der Waals surface area contributed by atoms with Crippen molar-refractivity contribution >= 4 is 0 Å². The fourth-order valence-corrected chi connectivity index (χ4v) is 1.57. The van der Waals surface area contributed by atoms with Crippen molar-refractivity contribution < 1.29 is 9.84 Å². The molecule has 1 rings (SSSR count). The van der Waals surface area contributed by atoms with Crippen molar-refractivity contribution in [2.75, 3.05) is 6.61 Å². The van der Waals surface area contributed by atoms with Crippen LogP contribution in [0.5, 0.6) is 0 Å². The molecule has 0 saturated carbocycles. The van der Waals surface area contributed by atoms with Crippen LogP contribution in [0.3, 0.4) is 0 Å². The molecule has 0 spiro atoms. The Hall–Kier alpha value is -0.340. The van der Waals surface area contributed by atoms with Crippen molar-refractivity contribution in [3.8, 4) is 0 Å². The molecule has 1 heterocycles. The minimum absolute atomic E-state index is 0.0490. The van der Waals surface area contributed by atoms with E-state index in [2.05, 4.69) is 13.5 Å². The number of aliphatic hydroxyl groups is 1. The Kier molecular flexibility index (Phi) is 3.76. The highest BCUT2D eigenvalue weighted by Gasteiger charge is 2.32. The van der Waals surface area contributed by atoms with Gasteiger partial charge in [0.25, 0.3) is 0 Å². The van der Waals surface area contributed by atoms with E-state index in [1.165, 1.54) is 0 Å². The van der Waals surface area contributed by atoms with Crippen molar-refractivity contribution in [3.63, 3.8) is 0 Å². The predicted octanol–water partition coefficient (Wildman–Crippen LogP) is 1.74. The monoisotopic (exact) mass is 170 g/mol. The van der Waals surface area contributed by atoms with Crippen LogP contribution in [-0.4, -0.2) is 23.9 Å². The molecule has 0 bridgehead atoms. The molecule has 0 aromatic rings. The van der Waals surface area contributed by atoms with Gasteiger partial charge in [-0.15, -0.1) is 6.58 Å². The molecule has 2 heteroatoms. The Balaban J connectivity index is 2.32. The zero-order chi connectivity index (χ0) is 8.97. The average Bonchev–Trinajstić information content (AvgIpc) is 2.43. The van der Waals surface area contributed by atoms with E-state index in [0.717, 1.165) is 19.3 Å². The van der Waals surface area contributed by atoms with Crippen LogP contribution in [0.4, 0.5) is 0 Å². The number of rotatable bonds is 4. The van der Waals surface area contributed by atoms with Crippen molar-refractivity contribution in [1.29, 1.82) is 0 Å². The van der Waals surface area contributed by atoms with E-state index in [1.54, 1.807) is 6.08 Å². The summed E-state index contributed by atoms with van der Waals surface area (Å²) in [5, 5.41) is 9.68. The van der Waals surface area contributed by atoms with Gasteiger partial charge in [-0.25, -0.2) is 0 Å². The number of hydrogen-bond acceptors (Lipinski definition) is 2. The molecular weight excluding hydrogens is 152 g/mol. The first kappa shape index (κ1) is 9.75. The molecule has 3 atom stereocenters. The molecule has 1 aliphatic heterocycles. The lowest BCUT2D eigenvalue weighted by Crippen LogP contribution is -2.25. The van der Waals surface area contributed by atoms with E-state index in [4.69, 9.17) is 4.74 Å². The Labute approximate surface area is 74.2 Å². The third-order valence-electron chi connectivity index (χ3n) is 2.47. The summed E-state index contributed by atoms with van der Waals surface area (Å²) in [5.41, 5.74) is 0. The molecule has 1 aliphatic rings. The SMILES string of the molecule is C=C[C@H]1CO[C@@H](CCCC)[C@@H]1O. The molecule has 0 aromatic heterocycles. The number of unbranched alkanes of at least 4 members (excludes halogenated alkanes) is 1. The van der Waals surface area contributed by atoms with Crippen LogP contribution in [0.2, 0.25) is 0 Å². The summed E-state index contributed by atoms with van der Waals surface area (Å²) >= 11 is 0. The van der Waals surface area contributed by atoms with Crippen LogP contribution in [0, 0.1) is 5.92 Å². The maximum Gasteiger partial charge on any atom is 0.0886 e. The smallest absolute Gasteiger partial charge is 0.0886 e. The lowest BCUT2D eigenvalue weighted by atomic mass is 9.99. The molecule has 0 amide bonds. The van der Waals surface area contributed by atoms with Gasteiger partial charge in [0.05, 0.1) is 18.8 Å². The topological polar surface area (TPSA) is 29.5 Å². The second-order valence-corrected chi connectivity index (χ2v) is 3.40. The van der Waals surface area contributed by atoms with Crippen molar-refractivity contribution in [3.05, 3.63) is 12.7 Å². The minimum Gasteiger partial charge on any atom is -0.390 e. The molecule has 1 fully saturated rings. The summed E-state index contributed by atoms with van der Waals surface area (Å²) in [6.07, 6.45) is 4.78. The maximum absolute atomic E-state index is 9.68. The maximum atomic E-state index is 9.68. The Bertz CT molecular complexity index is 145. The lowest BCUT2D eigenvalue weighted by molar-refractivity contribution is 0.0337. The minimum atomic E-state index is -0.325. The summed E-state index contributed by atoms with van der Waals surface area (Å²) < 4.78 is 5.45. The van der Waals surface area contributed by atoms with Gasteiger partial charge < -0.3 is 9.84 Å². The van der Waals surface area contributed by atoms with Gasteiger partial charge in [-0.3, -0.25) is 0 Å². The summed E-state index contributed by atoms with van der Waals surface area (Å²) in [6, 6.07) is 0. The quantitative estimate of drug-likeness (QED) is 0.651. The first-order chi connectivity index (χ1) is 5.79. The molecule has 1 saturated heterocycles. The zero-order valence-corrected chi connectivity index (χ0v) is 7.70.